The number of hydrogen-bond acceptors (Lipinski definition) is 3. The van der Waals surface area contributed by atoms with Crippen LogP contribution in [0, 0.1) is 21.4 Å². The lowest BCUT2D eigenvalue weighted by atomic mass is 10.1. The molecule has 0 saturated carbocycles. The standard InChI is InChI=1S/C16H12N2O2/c17-12-15-8-6-14(7-9-15)11-16(18(19)20)10-13-4-2-1-3-5-13/h1-9,11H,10H2. The van der Waals surface area contributed by atoms with Crippen LogP contribution in [0.5, 0.6) is 0 Å². The van der Waals surface area contributed by atoms with Gasteiger partial charge in [0.1, 0.15) is 0 Å². The third kappa shape index (κ3) is 3.53. The maximum absolute atomic E-state index is 11.1. The van der Waals surface area contributed by atoms with Crippen molar-refractivity contribution in [3.8, 4) is 6.07 Å². The minimum Gasteiger partial charge on any atom is -0.259 e. The van der Waals surface area contributed by atoms with Crippen LogP contribution >= 0.6 is 0 Å². The summed E-state index contributed by atoms with van der Waals surface area (Å²) in [7, 11) is 0. The van der Waals surface area contributed by atoms with Gasteiger partial charge in [0.25, 0.3) is 5.70 Å². The van der Waals surface area contributed by atoms with Crippen molar-refractivity contribution >= 4 is 6.08 Å². The van der Waals surface area contributed by atoms with Gasteiger partial charge in [0, 0.05) is 6.08 Å². The van der Waals surface area contributed by atoms with Crippen molar-refractivity contribution in [3.05, 3.63) is 87.1 Å². The van der Waals surface area contributed by atoms with Crippen molar-refractivity contribution in [1.82, 2.24) is 0 Å². The highest BCUT2D eigenvalue weighted by Gasteiger charge is 2.11. The van der Waals surface area contributed by atoms with Crippen LogP contribution in [0.1, 0.15) is 16.7 Å². The van der Waals surface area contributed by atoms with Crippen molar-refractivity contribution < 1.29 is 4.92 Å². The van der Waals surface area contributed by atoms with Gasteiger partial charge in [-0.15, -0.1) is 0 Å². The molecule has 0 unspecified atom stereocenters. The number of allylic oxidation sites excluding steroid dienone is 1. The molecule has 2 rings (SSSR count). The molecular formula is C16H12N2O2. The van der Waals surface area contributed by atoms with Gasteiger partial charge in [-0.2, -0.15) is 5.26 Å². The second kappa shape index (κ2) is 6.30. The van der Waals surface area contributed by atoms with Crippen LogP contribution < -0.4 is 0 Å². The molecule has 2 aromatic rings. The third-order valence-corrected chi connectivity index (χ3v) is 2.84. The smallest absolute Gasteiger partial charge is 0.251 e. The van der Waals surface area contributed by atoms with Crippen molar-refractivity contribution in [1.29, 1.82) is 5.26 Å². The van der Waals surface area contributed by atoms with Gasteiger partial charge in [0.15, 0.2) is 0 Å². The zero-order chi connectivity index (χ0) is 14.4. The fraction of sp³-hybridized carbons (Fsp3) is 0.0625. The number of benzene rings is 2. The fourth-order valence-corrected chi connectivity index (χ4v) is 1.82. The number of hydrogen-bond donors (Lipinski definition) is 0. The molecule has 20 heavy (non-hydrogen) atoms. The first kappa shape index (κ1) is 13.5. The Kier molecular flexibility index (Phi) is 4.25. The average molecular weight is 264 g/mol. The lowest BCUT2D eigenvalue weighted by Crippen LogP contribution is -2.02. The first-order chi connectivity index (χ1) is 9.69. The Balaban J connectivity index is 2.26. The van der Waals surface area contributed by atoms with Crippen molar-refractivity contribution in [2.24, 2.45) is 0 Å². The molecule has 2 aromatic carbocycles. The molecule has 0 atom stereocenters. The molecule has 0 aliphatic heterocycles. The van der Waals surface area contributed by atoms with Gasteiger partial charge in [-0.1, -0.05) is 42.5 Å². The highest BCUT2D eigenvalue weighted by Crippen LogP contribution is 2.14. The zero-order valence-corrected chi connectivity index (χ0v) is 10.7. The van der Waals surface area contributed by atoms with Gasteiger partial charge < -0.3 is 0 Å². The van der Waals surface area contributed by atoms with E-state index in [0.29, 0.717) is 11.1 Å². The molecule has 0 bridgehead atoms. The molecular weight excluding hydrogens is 252 g/mol. The Morgan fingerprint density at radius 2 is 1.80 bits per heavy atom. The predicted molar refractivity (Wildman–Crippen MR) is 76.3 cm³/mol. The van der Waals surface area contributed by atoms with Gasteiger partial charge in [0.2, 0.25) is 0 Å². The van der Waals surface area contributed by atoms with Gasteiger partial charge >= 0.3 is 0 Å². The molecule has 0 heterocycles. The summed E-state index contributed by atoms with van der Waals surface area (Å²) in [4.78, 5) is 10.7. The second-order valence-corrected chi connectivity index (χ2v) is 4.29. The lowest BCUT2D eigenvalue weighted by Gasteiger charge is -2.00. The number of nitro groups is 1. The van der Waals surface area contributed by atoms with E-state index in [9.17, 15) is 10.1 Å². The molecule has 4 nitrogen and oxygen atoms in total. The van der Waals surface area contributed by atoms with Crippen molar-refractivity contribution in [3.63, 3.8) is 0 Å². The van der Waals surface area contributed by atoms with Crippen LogP contribution in [-0.4, -0.2) is 4.92 Å². The maximum atomic E-state index is 11.1. The molecule has 0 aliphatic rings. The molecule has 98 valence electrons. The summed E-state index contributed by atoms with van der Waals surface area (Å²) in [6.07, 6.45) is 1.81. The highest BCUT2D eigenvalue weighted by molar-refractivity contribution is 5.53. The second-order valence-electron chi connectivity index (χ2n) is 4.29. The van der Waals surface area contributed by atoms with Crippen LogP contribution in [0.2, 0.25) is 0 Å². The van der Waals surface area contributed by atoms with E-state index in [4.69, 9.17) is 5.26 Å². The summed E-state index contributed by atoms with van der Waals surface area (Å²) in [5.41, 5.74) is 2.27. The van der Waals surface area contributed by atoms with E-state index in [0.717, 1.165) is 5.56 Å². The summed E-state index contributed by atoms with van der Waals surface area (Å²) >= 11 is 0. The monoisotopic (exact) mass is 264 g/mol. The van der Waals surface area contributed by atoms with E-state index in [1.807, 2.05) is 36.4 Å². The molecule has 4 heteroatoms. The average Bonchev–Trinajstić information content (AvgIpc) is 2.48. The summed E-state index contributed by atoms with van der Waals surface area (Å²) in [6, 6.07) is 18.0. The normalized spacial score (nSPS) is 10.8. The summed E-state index contributed by atoms with van der Waals surface area (Å²) in [5, 5.41) is 19.8. The summed E-state index contributed by atoms with van der Waals surface area (Å²) in [6.45, 7) is 0. The van der Waals surface area contributed by atoms with Gasteiger partial charge in [-0.3, -0.25) is 10.1 Å². The number of rotatable bonds is 4. The van der Waals surface area contributed by atoms with Crippen LogP contribution in [0.25, 0.3) is 6.08 Å². The van der Waals surface area contributed by atoms with Gasteiger partial charge in [-0.05, 0) is 23.3 Å². The summed E-state index contributed by atoms with van der Waals surface area (Å²) < 4.78 is 0. The molecule has 0 aromatic heterocycles. The van der Waals surface area contributed by atoms with E-state index in [2.05, 4.69) is 0 Å². The fourth-order valence-electron chi connectivity index (χ4n) is 1.82. The van der Waals surface area contributed by atoms with Crippen molar-refractivity contribution in [2.45, 2.75) is 6.42 Å². The number of nitriles is 1. The predicted octanol–water partition coefficient (Wildman–Crippen LogP) is 3.42. The van der Waals surface area contributed by atoms with Gasteiger partial charge in [-0.25, -0.2) is 0 Å². The quantitative estimate of drug-likeness (QED) is 0.627. The Labute approximate surface area is 116 Å². The molecule has 0 spiro atoms. The molecule has 0 amide bonds. The third-order valence-electron chi connectivity index (χ3n) is 2.84. The molecule has 0 radical (unpaired) electrons. The molecule has 0 aliphatic carbocycles. The van der Waals surface area contributed by atoms with Crippen molar-refractivity contribution in [2.75, 3.05) is 0 Å². The molecule has 0 N–H and O–H groups in total. The largest absolute Gasteiger partial charge is 0.259 e. The SMILES string of the molecule is N#Cc1ccc(C=C(Cc2ccccc2)[N+](=O)[O-])cc1. The highest BCUT2D eigenvalue weighted by atomic mass is 16.6. The topological polar surface area (TPSA) is 66.9 Å². The Bertz CT molecular complexity index is 668. The Hall–Kier alpha value is -2.93. The Morgan fingerprint density at radius 3 is 2.35 bits per heavy atom. The van der Waals surface area contributed by atoms with E-state index >= 15 is 0 Å². The van der Waals surface area contributed by atoms with Crippen LogP contribution in [0.15, 0.2) is 60.3 Å². The van der Waals surface area contributed by atoms with Crippen LogP contribution in [-0.2, 0) is 6.42 Å². The molecule has 0 fully saturated rings. The van der Waals surface area contributed by atoms with Crippen LogP contribution in [0.4, 0.5) is 0 Å². The van der Waals surface area contributed by atoms with Gasteiger partial charge in [0.05, 0.1) is 23.0 Å². The zero-order valence-electron chi connectivity index (χ0n) is 10.7. The molecule has 0 saturated heterocycles. The maximum Gasteiger partial charge on any atom is 0.251 e. The summed E-state index contributed by atoms with van der Waals surface area (Å²) in [5.74, 6) is 0. The lowest BCUT2D eigenvalue weighted by molar-refractivity contribution is -0.425. The van der Waals surface area contributed by atoms with E-state index in [1.54, 1.807) is 24.3 Å². The minimum atomic E-state index is -0.370. The number of nitrogens with zero attached hydrogens (tertiary/aromatic N) is 2. The minimum absolute atomic E-state index is 0.126. The van der Waals surface area contributed by atoms with E-state index < -0.39 is 0 Å². The first-order valence-electron chi connectivity index (χ1n) is 6.08. The van der Waals surface area contributed by atoms with Crippen LogP contribution in [0.3, 0.4) is 0 Å². The van der Waals surface area contributed by atoms with E-state index in [-0.39, 0.29) is 17.0 Å². The van der Waals surface area contributed by atoms with E-state index in [1.165, 1.54) is 6.08 Å². The Morgan fingerprint density at radius 1 is 1.15 bits per heavy atom. The first-order valence-corrected chi connectivity index (χ1v) is 6.08.